The highest BCUT2D eigenvalue weighted by Crippen LogP contribution is 2.25. The number of non-ortho nitro benzene ring substituents is 1. The van der Waals surface area contributed by atoms with Crippen molar-refractivity contribution in [2.45, 2.75) is 26.4 Å². The minimum absolute atomic E-state index is 0.0336. The maximum absolute atomic E-state index is 12.3. The third-order valence-corrected chi connectivity index (χ3v) is 2.95. The number of aliphatic hydroxyl groups excluding tert-OH is 1. The zero-order valence-electron chi connectivity index (χ0n) is 15.5. The molecule has 0 unspecified atom stereocenters. The molecule has 1 aromatic carbocycles. The zero-order valence-corrected chi connectivity index (χ0v) is 15.5. The monoisotopic (exact) mass is 384 g/mol. The Morgan fingerprint density at radius 2 is 1.96 bits per heavy atom. The summed E-state index contributed by atoms with van der Waals surface area (Å²) < 4.78 is 15.4. The summed E-state index contributed by atoms with van der Waals surface area (Å²) in [5.41, 5.74) is -0.957. The maximum Gasteiger partial charge on any atom is 0.344 e. The first-order valence-corrected chi connectivity index (χ1v) is 8.24. The van der Waals surface area contributed by atoms with Gasteiger partial charge in [-0.2, -0.15) is 0 Å². The molecule has 0 fully saturated rings. The maximum atomic E-state index is 12.3. The van der Waals surface area contributed by atoms with Crippen molar-refractivity contribution in [1.29, 1.82) is 0 Å². The Hall–Kier alpha value is -2.72. The minimum atomic E-state index is -0.710. The number of nitro benzene ring substituents is 1. The van der Waals surface area contributed by atoms with Crippen LogP contribution < -0.4 is 10.1 Å². The fraction of sp³-hybridized carbons (Fsp3) is 0.529. The van der Waals surface area contributed by atoms with E-state index in [9.17, 15) is 19.7 Å². The van der Waals surface area contributed by atoms with Gasteiger partial charge in [0.05, 0.1) is 36.4 Å². The number of nitro groups is 1. The first-order valence-electron chi connectivity index (χ1n) is 8.24. The summed E-state index contributed by atoms with van der Waals surface area (Å²) in [5, 5.41) is 22.1. The lowest BCUT2D eigenvalue weighted by Gasteiger charge is -2.19. The molecule has 0 atom stereocenters. The average Bonchev–Trinajstić information content (AvgIpc) is 2.57. The van der Waals surface area contributed by atoms with Crippen LogP contribution in [-0.4, -0.2) is 60.5 Å². The molecule has 27 heavy (non-hydrogen) atoms. The van der Waals surface area contributed by atoms with Crippen LogP contribution in [0.2, 0.25) is 0 Å². The number of nitrogens with zero attached hydrogens (tertiary/aromatic N) is 1. The van der Waals surface area contributed by atoms with E-state index >= 15 is 0 Å². The topological polar surface area (TPSA) is 137 Å². The smallest absolute Gasteiger partial charge is 0.344 e. The van der Waals surface area contributed by atoms with Gasteiger partial charge in [-0.25, -0.2) is 4.79 Å². The minimum Gasteiger partial charge on any atom is -0.481 e. The molecule has 0 heterocycles. The van der Waals surface area contributed by atoms with Crippen LogP contribution in [-0.2, 0) is 14.3 Å². The molecule has 0 aliphatic rings. The van der Waals surface area contributed by atoms with Crippen molar-refractivity contribution in [3.05, 3.63) is 33.9 Å². The Morgan fingerprint density at radius 1 is 1.26 bits per heavy atom. The normalized spacial score (nSPS) is 11.0. The van der Waals surface area contributed by atoms with Crippen molar-refractivity contribution in [3.8, 4) is 5.75 Å². The molecule has 0 saturated carbocycles. The highest BCUT2D eigenvalue weighted by molar-refractivity contribution is 5.97. The summed E-state index contributed by atoms with van der Waals surface area (Å²) in [4.78, 5) is 34.4. The molecule has 0 radical (unpaired) electrons. The van der Waals surface area contributed by atoms with E-state index in [0.717, 1.165) is 12.1 Å². The quantitative estimate of drug-likeness (QED) is 0.264. The van der Waals surface area contributed by atoms with E-state index in [1.807, 2.05) is 0 Å². The van der Waals surface area contributed by atoms with Crippen LogP contribution in [0, 0.1) is 10.1 Å². The molecule has 1 aromatic rings. The molecule has 0 bridgehead atoms. The first kappa shape index (κ1) is 22.3. The number of ether oxygens (including phenoxy) is 3. The third-order valence-electron chi connectivity index (χ3n) is 2.95. The van der Waals surface area contributed by atoms with Crippen molar-refractivity contribution < 1.29 is 33.8 Å². The van der Waals surface area contributed by atoms with Crippen LogP contribution in [0.15, 0.2) is 18.2 Å². The van der Waals surface area contributed by atoms with Crippen LogP contribution >= 0.6 is 0 Å². The van der Waals surface area contributed by atoms with Crippen LogP contribution in [0.1, 0.15) is 31.1 Å². The SMILES string of the molecule is CC(C)(C)OC(=O)COc1cc([N+](=O)[O-])ccc1C(=O)NCCOCCO. The summed E-state index contributed by atoms with van der Waals surface area (Å²) in [6.45, 7) is 4.95. The Morgan fingerprint density at radius 3 is 2.56 bits per heavy atom. The second kappa shape index (κ2) is 10.4. The molecule has 0 aliphatic heterocycles. The van der Waals surface area contributed by atoms with Crippen LogP contribution in [0.3, 0.4) is 0 Å². The number of carbonyl (C=O) groups is 2. The van der Waals surface area contributed by atoms with Crippen LogP contribution in [0.25, 0.3) is 0 Å². The van der Waals surface area contributed by atoms with Crippen molar-refractivity contribution in [2.24, 2.45) is 0 Å². The molecular formula is C17H24N2O8. The lowest BCUT2D eigenvalue weighted by Crippen LogP contribution is -2.29. The first-order chi connectivity index (χ1) is 12.6. The summed E-state index contributed by atoms with van der Waals surface area (Å²) >= 11 is 0. The van der Waals surface area contributed by atoms with Crippen molar-refractivity contribution in [1.82, 2.24) is 5.32 Å². The van der Waals surface area contributed by atoms with E-state index in [0.29, 0.717) is 0 Å². The highest BCUT2D eigenvalue weighted by Gasteiger charge is 2.20. The van der Waals surface area contributed by atoms with E-state index in [1.165, 1.54) is 6.07 Å². The number of aliphatic hydroxyl groups is 1. The summed E-state index contributed by atoms with van der Waals surface area (Å²) in [5.74, 6) is -1.32. The van der Waals surface area contributed by atoms with Gasteiger partial charge in [0.15, 0.2) is 6.61 Å². The van der Waals surface area contributed by atoms with Crippen molar-refractivity contribution >= 4 is 17.6 Å². The summed E-state index contributed by atoms with van der Waals surface area (Å²) in [7, 11) is 0. The number of hydrogen-bond acceptors (Lipinski definition) is 8. The lowest BCUT2D eigenvalue weighted by molar-refractivity contribution is -0.384. The van der Waals surface area contributed by atoms with E-state index in [-0.39, 0.29) is 43.4 Å². The number of esters is 1. The second-order valence-corrected chi connectivity index (χ2v) is 6.40. The van der Waals surface area contributed by atoms with E-state index in [2.05, 4.69) is 5.32 Å². The highest BCUT2D eigenvalue weighted by atomic mass is 16.6. The number of carbonyl (C=O) groups excluding carboxylic acids is 2. The van der Waals surface area contributed by atoms with Crippen molar-refractivity contribution in [3.63, 3.8) is 0 Å². The number of hydrogen-bond donors (Lipinski definition) is 2. The molecule has 0 saturated heterocycles. The van der Waals surface area contributed by atoms with Gasteiger partial charge in [-0.3, -0.25) is 14.9 Å². The number of nitrogens with one attached hydrogen (secondary N) is 1. The van der Waals surface area contributed by atoms with Crippen molar-refractivity contribution in [2.75, 3.05) is 33.0 Å². The molecule has 0 aliphatic carbocycles. The largest absolute Gasteiger partial charge is 0.481 e. The predicted octanol–water partition coefficient (Wildman–Crippen LogP) is 1.05. The van der Waals surface area contributed by atoms with Gasteiger partial charge in [0.25, 0.3) is 11.6 Å². The molecule has 2 N–H and O–H groups in total. The van der Waals surface area contributed by atoms with E-state index < -0.39 is 29.0 Å². The van der Waals surface area contributed by atoms with Gasteiger partial charge in [-0.1, -0.05) is 0 Å². The predicted molar refractivity (Wildman–Crippen MR) is 94.7 cm³/mol. The fourth-order valence-electron chi connectivity index (χ4n) is 1.94. The number of rotatable bonds is 10. The molecule has 150 valence electrons. The summed E-state index contributed by atoms with van der Waals surface area (Å²) in [6.07, 6.45) is 0. The summed E-state index contributed by atoms with van der Waals surface area (Å²) in [6, 6.07) is 3.48. The molecule has 10 heteroatoms. The van der Waals surface area contributed by atoms with Gasteiger partial charge in [0, 0.05) is 12.6 Å². The van der Waals surface area contributed by atoms with Gasteiger partial charge in [0.1, 0.15) is 11.4 Å². The molecule has 10 nitrogen and oxygen atoms in total. The van der Waals surface area contributed by atoms with Gasteiger partial charge in [0.2, 0.25) is 0 Å². The molecule has 1 rings (SSSR count). The Kier molecular flexibility index (Phi) is 8.63. The Labute approximate surface area is 156 Å². The van der Waals surface area contributed by atoms with E-state index in [4.69, 9.17) is 19.3 Å². The Bertz CT molecular complexity index is 669. The molecule has 1 amide bonds. The van der Waals surface area contributed by atoms with Gasteiger partial charge in [-0.15, -0.1) is 0 Å². The molecule has 0 spiro atoms. The number of amides is 1. The van der Waals surface area contributed by atoms with Crippen LogP contribution in [0.4, 0.5) is 5.69 Å². The van der Waals surface area contributed by atoms with Crippen LogP contribution in [0.5, 0.6) is 5.75 Å². The average molecular weight is 384 g/mol. The molecule has 0 aromatic heterocycles. The molecular weight excluding hydrogens is 360 g/mol. The van der Waals surface area contributed by atoms with Gasteiger partial charge in [-0.05, 0) is 26.8 Å². The third kappa shape index (κ3) is 8.47. The number of benzene rings is 1. The lowest BCUT2D eigenvalue weighted by atomic mass is 10.1. The van der Waals surface area contributed by atoms with Gasteiger partial charge < -0.3 is 24.6 Å². The standard InChI is InChI=1S/C17H24N2O8/c1-17(2,3)27-15(21)11-26-14-10-12(19(23)24)4-5-13(14)16(22)18-6-8-25-9-7-20/h4-5,10,20H,6-9,11H2,1-3H3,(H,18,22). The fourth-order valence-corrected chi connectivity index (χ4v) is 1.94. The zero-order chi connectivity index (χ0) is 20.4. The Balaban J connectivity index is 2.82. The van der Waals surface area contributed by atoms with E-state index in [1.54, 1.807) is 20.8 Å². The second-order valence-electron chi connectivity index (χ2n) is 6.40. The van der Waals surface area contributed by atoms with Gasteiger partial charge >= 0.3 is 5.97 Å².